The largest absolute Gasteiger partial charge is 0.493 e. The molecular weight excluding hydrogens is 270 g/mol. The number of hydrogen-bond acceptors (Lipinski definition) is 5. The summed E-state index contributed by atoms with van der Waals surface area (Å²) >= 11 is 0. The van der Waals surface area contributed by atoms with E-state index in [2.05, 4.69) is 5.32 Å². The molecule has 21 heavy (non-hydrogen) atoms. The van der Waals surface area contributed by atoms with Crippen molar-refractivity contribution in [2.24, 2.45) is 0 Å². The summed E-state index contributed by atoms with van der Waals surface area (Å²) < 4.78 is 21.7. The molecule has 5 nitrogen and oxygen atoms in total. The van der Waals surface area contributed by atoms with Gasteiger partial charge in [-0.2, -0.15) is 0 Å². The predicted octanol–water partition coefficient (Wildman–Crippen LogP) is 2.37. The number of rotatable bonds is 8. The predicted molar refractivity (Wildman–Crippen MR) is 81.4 cm³/mol. The van der Waals surface area contributed by atoms with E-state index in [9.17, 15) is 0 Å². The topological polar surface area (TPSA) is 49.0 Å². The Bertz CT molecular complexity index is 441. The first-order chi connectivity index (χ1) is 10.2. The molecule has 1 fully saturated rings. The summed E-state index contributed by atoms with van der Waals surface area (Å²) in [5, 5.41) is 3.46. The van der Waals surface area contributed by atoms with E-state index in [4.69, 9.17) is 18.9 Å². The Kier molecular flexibility index (Phi) is 5.31. The molecule has 0 radical (unpaired) electrons. The SMILES string of the molecule is COc1cc(CNCC2(OC)CCC2)cc(OC)c1OC. The van der Waals surface area contributed by atoms with Gasteiger partial charge in [-0.05, 0) is 37.0 Å². The van der Waals surface area contributed by atoms with E-state index in [1.54, 1.807) is 28.4 Å². The minimum Gasteiger partial charge on any atom is -0.493 e. The van der Waals surface area contributed by atoms with Crippen LogP contribution in [0, 0.1) is 0 Å². The van der Waals surface area contributed by atoms with Crippen LogP contribution in [0.3, 0.4) is 0 Å². The van der Waals surface area contributed by atoms with Crippen molar-refractivity contribution in [3.8, 4) is 17.2 Å². The fraction of sp³-hybridized carbons (Fsp3) is 0.625. The van der Waals surface area contributed by atoms with Crippen molar-refractivity contribution in [2.75, 3.05) is 35.0 Å². The molecule has 1 saturated carbocycles. The Morgan fingerprint density at radius 3 is 2.00 bits per heavy atom. The van der Waals surface area contributed by atoms with Crippen LogP contribution < -0.4 is 19.5 Å². The number of benzene rings is 1. The highest BCUT2D eigenvalue weighted by Crippen LogP contribution is 2.38. The molecular formula is C16H25NO4. The van der Waals surface area contributed by atoms with Gasteiger partial charge in [0.25, 0.3) is 0 Å². The molecule has 1 aliphatic rings. The van der Waals surface area contributed by atoms with E-state index in [1.165, 1.54) is 6.42 Å². The number of methoxy groups -OCH3 is 4. The van der Waals surface area contributed by atoms with Crippen molar-refractivity contribution in [1.29, 1.82) is 0 Å². The highest BCUT2D eigenvalue weighted by molar-refractivity contribution is 5.53. The quantitative estimate of drug-likeness (QED) is 0.798. The third-order valence-electron chi connectivity index (χ3n) is 4.20. The molecule has 1 aromatic carbocycles. The van der Waals surface area contributed by atoms with Gasteiger partial charge in [-0.3, -0.25) is 0 Å². The maximum Gasteiger partial charge on any atom is 0.203 e. The molecule has 0 saturated heterocycles. The minimum absolute atomic E-state index is 0.0284. The second-order valence-corrected chi connectivity index (χ2v) is 5.38. The lowest BCUT2D eigenvalue weighted by Gasteiger charge is -2.40. The summed E-state index contributed by atoms with van der Waals surface area (Å²) in [6.07, 6.45) is 3.51. The maximum atomic E-state index is 5.61. The van der Waals surface area contributed by atoms with E-state index < -0.39 is 0 Å². The van der Waals surface area contributed by atoms with Gasteiger partial charge >= 0.3 is 0 Å². The van der Waals surface area contributed by atoms with Crippen molar-refractivity contribution in [3.05, 3.63) is 17.7 Å². The van der Waals surface area contributed by atoms with Crippen molar-refractivity contribution < 1.29 is 18.9 Å². The third-order valence-corrected chi connectivity index (χ3v) is 4.20. The van der Waals surface area contributed by atoms with E-state index in [0.717, 1.165) is 31.5 Å². The molecule has 1 N–H and O–H groups in total. The molecule has 2 rings (SSSR count). The van der Waals surface area contributed by atoms with Crippen molar-refractivity contribution in [3.63, 3.8) is 0 Å². The van der Waals surface area contributed by atoms with E-state index in [1.807, 2.05) is 12.1 Å². The van der Waals surface area contributed by atoms with Crippen LogP contribution in [0.5, 0.6) is 17.2 Å². The number of ether oxygens (including phenoxy) is 4. The first-order valence-corrected chi connectivity index (χ1v) is 7.23. The summed E-state index contributed by atoms with van der Waals surface area (Å²) in [5.41, 5.74) is 1.12. The molecule has 0 aromatic heterocycles. The summed E-state index contributed by atoms with van der Waals surface area (Å²) in [6.45, 7) is 1.60. The van der Waals surface area contributed by atoms with Crippen LogP contribution in [0.4, 0.5) is 0 Å². The van der Waals surface area contributed by atoms with Crippen LogP contribution in [-0.2, 0) is 11.3 Å². The zero-order valence-electron chi connectivity index (χ0n) is 13.3. The lowest BCUT2D eigenvalue weighted by atomic mass is 9.80. The summed E-state index contributed by atoms with van der Waals surface area (Å²) in [5.74, 6) is 1.98. The molecule has 5 heteroatoms. The number of hydrogen-bond donors (Lipinski definition) is 1. The van der Waals surface area contributed by atoms with Gasteiger partial charge in [0.2, 0.25) is 5.75 Å². The van der Waals surface area contributed by atoms with Gasteiger partial charge in [0.15, 0.2) is 11.5 Å². The van der Waals surface area contributed by atoms with Gasteiger partial charge in [0, 0.05) is 20.2 Å². The van der Waals surface area contributed by atoms with Gasteiger partial charge < -0.3 is 24.3 Å². The Balaban J connectivity index is 2.02. The van der Waals surface area contributed by atoms with Crippen LogP contribution in [0.2, 0.25) is 0 Å². The van der Waals surface area contributed by atoms with Crippen LogP contribution >= 0.6 is 0 Å². The number of nitrogens with one attached hydrogen (secondary N) is 1. The molecule has 0 atom stereocenters. The van der Waals surface area contributed by atoms with E-state index >= 15 is 0 Å². The Hall–Kier alpha value is -1.46. The maximum absolute atomic E-state index is 5.61. The van der Waals surface area contributed by atoms with Gasteiger partial charge in [-0.25, -0.2) is 0 Å². The summed E-state index contributed by atoms with van der Waals surface area (Å²) in [4.78, 5) is 0. The second-order valence-electron chi connectivity index (χ2n) is 5.38. The summed E-state index contributed by atoms with van der Waals surface area (Å²) in [6, 6.07) is 3.93. The summed E-state index contributed by atoms with van der Waals surface area (Å²) in [7, 11) is 6.66. The van der Waals surface area contributed by atoms with Crippen molar-refractivity contribution in [1.82, 2.24) is 5.32 Å². The zero-order valence-corrected chi connectivity index (χ0v) is 13.3. The first-order valence-electron chi connectivity index (χ1n) is 7.23. The van der Waals surface area contributed by atoms with Crippen LogP contribution in [0.1, 0.15) is 24.8 Å². The average molecular weight is 295 g/mol. The molecule has 0 amide bonds. The van der Waals surface area contributed by atoms with Gasteiger partial charge in [0.05, 0.1) is 26.9 Å². The van der Waals surface area contributed by atoms with Crippen LogP contribution in [0.15, 0.2) is 12.1 Å². The lowest BCUT2D eigenvalue weighted by molar-refractivity contribution is -0.0695. The third kappa shape index (κ3) is 3.41. The molecule has 0 heterocycles. The molecule has 118 valence electrons. The standard InChI is InChI=1S/C16H25NO4/c1-18-13-8-12(9-14(19-2)15(13)20-3)10-17-11-16(21-4)6-5-7-16/h8-9,17H,5-7,10-11H2,1-4H3. The average Bonchev–Trinajstić information content (AvgIpc) is 2.48. The van der Waals surface area contributed by atoms with Crippen LogP contribution in [-0.4, -0.2) is 40.6 Å². The lowest BCUT2D eigenvalue weighted by Crippen LogP contribution is -2.47. The van der Waals surface area contributed by atoms with Gasteiger partial charge in [0.1, 0.15) is 0 Å². The molecule has 1 aliphatic carbocycles. The molecule has 1 aromatic rings. The molecule has 0 unspecified atom stereocenters. The first kappa shape index (κ1) is 15.9. The Morgan fingerprint density at radius 1 is 1.00 bits per heavy atom. The van der Waals surface area contributed by atoms with Gasteiger partial charge in [-0.1, -0.05) is 0 Å². The second kappa shape index (κ2) is 7.00. The van der Waals surface area contributed by atoms with Crippen LogP contribution in [0.25, 0.3) is 0 Å². The van der Waals surface area contributed by atoms with Gasteiger partial charge in [-0.15, -0.1) is 0 Å². The molecule has 0 bridgehead atoms. The highest BCUT2D eigenvalue weighted by Gasteiger charge is 2.36. The Morgan fingerprint density at radius 2 is 1.62 bits per heavy atom. The monoisotopic (exact) mass is 295 g/mol. The fourth-order valence-electron chi connectivity index (χ4n) is 2.70. The smallest absolute Gasteiger partial charge is 0.203 e. The van der Waals surface area contributed by atoms with Crippen molar-refractivity contribution >= 4 is 0 Å². The minimum atomic E-state index is 0.0284. The molecule has 0 aliphatic heterocycles. The molecule has 0 spiro atoms. The zero-order chi connectivity index (χ0) is 15.3. The van der Waals surface area contributed by atoms with E-state index in [0.29, 0.717) is 17.2 Å². The Labute approximate surface area is 126 Å². The normalized spacial score (nSPS) is 16.2. The fourth-order valence-corrected chi connectivity index (χ4v) is 2.70. The van der Waals surface area contributed by atoms with E-state index in [-0.39, 0.29) is 5.60 Å². The highest BCUT2D eigenvalue weighted by atomic mass is 16.5. The van der Waals surface area contributed by atoms with Crippen molar-refractivity contribution in [2.45, 2.75) is 31.4 Å².